The van der Waals surface area contributed by atoms with Crippen molar-refractivity contribution in [2.24, 2.45) is 5.92 Å². The summed E-state index contributed by atoms with van der Waals surface area (Å²) in [4.78, 5) is 39.2. The van der Waals surface area contributed by atoms with Crippen LogP contribution in [0.25, 0.3) is 17.3 Å². The molecular weight excluding hydrogens is 637 g/mol. The Morgan fingerprint density at radius 2 is 1.50 bits per heavy atom. The lowest BCUT2D eigenvalue weighted by Gasteiger charge is -2.38. The largest absolute Gasteiger partial charge is 0.416 e. The molecule has 0 spiro atoms. The van der Waals surface area contributed by atoms with E-state index in [4.69, 9.17) is 0 Å². The van der Waals surface area contributed by atoms with Gasteiger partial charge in [-0.15, -0.1) is 0 Å². The van der Waals surface area contributed by atoms with Gasteiger partial charge in [-0.2, -0.15) is 13.2 Å². The van der Waals surface area contributed by atoms with Crippen molar-refractivity contribution in [2.75, 3.05) is 32.7 Å². The Bertz CT molecular complexity index is 1710. The highest BCUT2D eigenvalue weighted by molar-refractivity contribution is 5.95. The minimum absolute atomic E-state index is 0.0881. The van der Waals surface area contributed by atoms with Gasteiger partial charge in [0.1, 0.15) is 6.04 Å². The molecule has 1 atom stereocenters. The summed E-state index contributed by atoms with van der Waals surface area (Å²) in [5.74, 6) is 0.0681. The Kier molecular flexibility index (Phi) is 11.4. The highest BCUT2D eigenvalue weighted by Crippen LogP contribution is 2.29. The van der Waals surface area contributed by atoms with Crippen molar-refractivity contribution in [3.05, 3.63) is 132 Å². The van der Waals surface area contributed by atoms with Crippen molar-refractivity contribution in [3.63, 3.8) is 0 Å². The normalized spacial score (nSPS) is 16.5. The number of hydrogen-bond donors (Lipinski definition) is 0. The molecule has 6 nitrogen and oxygen atoms in total. The standard InChI is InChI=1S/C41H43F3N4O2/c42-41(43,44)36-18-13-31(14-19-36)15-20-39(49)48(30-33-11-16-35(17-12-33)37-10-4-5-23-45-37)38(28-32-8-2-1-3-9-32)40(50)47-26-21-34(22-27-47)29-46-24-6-7-25-46/h1-5,8-20,23,34,38H,6-7,21-22,24-30H2/t38-/m0/s1. The van der Waals surface area contributed by atoms with E-state index in [1.165, 1.54) is 37.1 Å². The van der Waals surface area contributed by atoms with Crippen LogP contribution in [0.4, 0.5) is 13.2 Å². The summed E-state index contributed by atoms with van der Waals surface area (Å²) in [5.41, 5.74) is 3.24. The van der Waals surface area contributed by atoms with E-state index in [1.807, 2.05) is 77.7 Å². The van der Waals surface area contributed by atoms with Gasteiger partial charge in [0, 0.05) is 50.4 Å². The van der Waals surface area contributed by atoms with Gasteiger partial charge in [0.05, 0.1) is 11.3 Å². The molecule has 0 saturated carbocycles. The fourth-order valence-electron chi connectivity index (χ4n) is 6.94. The highest BCUT2D eigenvalue weighted by atomic mass is 19.4. The van der Waals surface area contributed by atoms with Crippen molar-refractivity contribution >= 4 is 17.9 Å². The number of aromatic nitrogens is 1. The number of rotatable bonds is 11. The summed E-state index contributed by atoms with van der Waals surface area (Å²) in [6, 6.07) is 27.1. The number of pyridine rings is 1. The number of nitrogens with zero attached hydrogens (tertiary/aromatic N) is 4. The summed E-state index contributed by atoms with van der Waals surface area (Å²) in [5, 5.41) is 0. The molecule has 4 aromatic rings. The molecule has 260 valence electrons. The zero-order chi connectivity index (χ0) is 34.9. The van der Waals surface area contributed by atoms with Crippen molar-refractivity contribution in [1.29, 1.82) is 0 Å². The zero-order valence-electron chi connectivity index (χ0n) is 28.1. The summed E-state index contributed by atoms with van der Waals surface area (Å²) in [6.07, 6.45) is 4.85. The third-order valence-corrected chi connectivity index (χ3v) is 9.78. The lowest BCUT2D eigenvalue weighted by Crippen LogP contribution is -2.53. The average molecular weight is 681 g/mol. The number of benzene rings is 3. The molecule has 50 heavy (non-hydrogen) atoms. The average Bonchev–Trinajstić information content (AvgIpc) is 3.66. The molecule has 2 aliphatic heterocycles. The van der Waals surface area contributed by atoms with Gasteiger partial charge in [-0.3, -0.25) is 14.6 Å². The Labute approximate surface area is 292 Å². The van der Waals surface area contributed by atoms with Crippen LogP contribution in [0.3, 0.4) is 0 Å². The molecular formula is C41H43F3N4O2. The zero-order valence-corrected chi connectivity index (χ0v) is 28.1. The lowest BCUT2D eigenvalue weighted by molar-refractivity contribution is -0.145. The van der Waals surface area contributed by atoms with Crippen molar-refractivity contribution < 1.29 is 22.8 Å². The molecule has 2 saturated heterocycles. The summed E-state index contributed by atoms with van der Waals surface area (Å²) >= 11 is 0. The van der Waals surface area contributed by atoms with E-state index < -0.39 is 23.7 Å². The quantitative estimate of drug-likeness (QED) is 0.152. The minimum Gasteiger partial charge on any atom is -0.341 e. The summed E-state index contributed by atoms with van der Waals surface area (Å²) in [6.45, 7) is 4.84. The summed E-state index contributed by atoms with van der Waals surface area (Å²) in [7, 11) is 0. The first kappa shape index (κ1) is 35.1. The van der Waals surface area contributed by atoms with E-state index in [0.29, 0.717) is 31.0 Å². The summed E-state index contributed by atoms with van der Waals surface area (Å²) < 4.78 is 39.5. The van der Waals surface area contributed by atoms with Crippen LogP contribution in [-0.2, 0) is 28.7 Å². The van der Waals surface area contributed by atoms with Crippen molar-refractivity contribution in [3.8, 4) is 11.3 Å². The number of piperidine rings is 1. The Morgan fingerprint density at radius 1 is 0.820 bits per heavy atom. The molecule has 2 fully saturated rings. The number of likely N-dealkylation sites (tertiary alicyclic amines) is 2. The molecule has 2 amide bonds. The highest BCUT2D eigenvalue weighted by Gasteiger charge is 2.35. The lowest BCUT2D eigenvalue weighted by atomic mass is 9.94. The van der Waals surface area contributed by atoms with E-state index in [9.17, 15) is 22.8 Å². The van der Waals surface area contributed by atoms with E-state index in [1.54, 1.807) is 11.1 Å². The van der Waals surface area contributed by atoms with Crippen LogP contribution >= 0.6 is 0 Å². The number of carbonyl (C=O) groups is 2. The maximum atomic E-state index is 14.5. The predicted molar refractivity (Wildman–Crippen MR) is 190 cm³/mol. The fourth-order valence-corrected chi connectivity index (χ4v) is 6.94. The molecule has 0 N–H and O–H groups in total. The molecule has 0 bridgehead atoms. The van der Waals surface area contributed by atoms with Crippen LogP contribution in [0.2, 0.25) is 0 Å². The van der Waals surface area contributed by atoms with Crippen LogP contribution in [0.5, 0.6) is 0 Å². The maximum absolute atomic E-state index is 14.5. The van der Waals surface area contributed by atoms with E-state index in [-0.39, 0.29) is 12.5 Å². The Balaban J connectivity index is 1.27. The Morgan fingerprint density at radius 3 is 2.14 bits per heavy atom. The second-order valence-electron chi connectivity index (χ2n) is 13.3. The molecule has 0 aliphatic carbocycles. The first-order chi connectivity index (χ1) is 24.2. The van der Waals surface area contributed by atoms with E-state index in [0.717, 1.165) is 67.0 Å². The first-order valence-electron chi connectivity index (χ1n) is 17.4. The van der Waals surface area contributed by atoms with Gasteiger partial charge < -0.3 is 14.7 Å². The second kappa shape index (κ2) is 16.3. The van der Waals surface area contributed by atoms with Gasteiger partial charge in [0.15, 0.2) is 0 Å². The SMILES string of the molecule is O=C([C@H](Cc1ccccc1)N(Cc1ccc(-c2ccccn2)cc1)C(=O)C=Cc1ccc(C(F)(F)F)cc1)N1CCC(CN2CCCC2)CC1. The number of alkyl halides is 3. The molecule has 3 heterocycles. The van der Waals surface area contributed by atoms with Gasteiger partial charge in [-0.05, 0) is 91.7 Å². The van der Waals surface area contributed by atoms with Gasteiger partial charge in [-0.25, -0.2) is 0 Å². The number of amides is 2. The van der Waals surface area contributed by atoms with E-state index >= 15 is 0 Å². The molecule has 3 aromatic carbocycles. The molecule has 0 unspecified atom stereocenters. The molecule has 0 radical (unpaired) electrons. The van der Waals surface area contributed by atoms with Gasteiger partial charge >= 0.3 is 6.18 Å². The van der Waals surface area contributed by atoms with Crippen LogP contribution in [0.15, 0.2) is 109 Å². The maximum Gasteiger partial charge on any atom is 0.416 e. The minimum atomic E-state index is -4.45. The molecule has 6 rings (SSSR count). The topological polar surface area (TPSA) is 56.8 Å². The number of hydrogen-bond acceptors (Lipinski definition) is 4. The van der Waals surface area contributed by atoms with Crippen LogP contribution in [-0.4, -0.2) is 70.3 Å². The van der Waals surface area contributed by atoms with Crippen molar-refractivity contribution in [2.45, 2.75) is 50.9 Å². The van der Waals surface area contributed by atoms with Gasteiger partial charge in [0.25, 0.3) is 0 Å². The van der Waals surface area contributed by atoms with E-state index in [2.05, 4.69) is 9.88 Å². The molecule has 9 heteroatoms. The third-order valence-electron chi connectivity index (χ3n) is 9.78. The second-order valence-corrected chi connectivity index (χ2v) is 13.3. The predicted octanol–water partition coefficient (Wildman–Crippen LogP) is 7.76. The fraction of sp³-hybridized carbons (Fsp3) is 0.341. The molecule has 1 aromatic heterocycles. The first-order valence-corrected chi connectivity index (χ1v) is 17.4. The van der Waals surface area contributed by atoms with Crippen LogP contribution in [0, 0.1) is 5.92 Å². The van der Waals surface area contributed by atoms with Gasteiger partial charge in [-0.1, -0.05) is 72.8 Å². The Hall–Kier alpha value is -4.76. The van der Waals surface area contributed by atoms with Gasteiger partial charge in [0.2, 0.25) is 11.8 Å². The molecule has 2 aliphatic rings. The van der Waals surface area contributed by atoms with Crippen LogP contribution in [0.1, 0.15) is 47.9 Å². The number of carbonyl (C=O) groups excluding carboxylic acids is 2. The van der Waals surface area contributed by atoms with Crippen LogP contribution < -0.4 is 0 Å². The number of halogens is 3. The monoisotopic (exact) mass is 680 g/mol. The third kappa shape index (κ3) is 9.27. The van der Waals surface area contributed by atoms with Crippen molar-refractivity contribution in [1.82, 2.24) is 19.7 Å². The smallest absolute Gasteiger partial charge is 0.341 e.